The van der Waals surface area contributed by atoms with Gasteiger partial charge in [-0.05, 0) is 18.7 Å². The van der Waals surface area contributed by atoms with E-state index in [1.807, 2.05) is 12.3 Å². The van der Waals surface area contributed by atoms with Crippen molar-refractivity contribution < 1.29 is 4.52 Å². The van der Waals surface area contributed by atoms with Gasteiger partial charge in [0.25, 0.3) is 5.89 Å². The highest BCUT2D eigenvalue weighted by Gasteiger charge is 2.14. The Hall–Kier alpha value is -1.01. The standard InChI is InChI=1S/C10H13N3OS2/c1-3-6-4-7(9(11)16-6)10-12-8(5-15-2)13-14-10/h4H,3,5,11H2,1-2H3. The molecular weight excluding hydrogens is 242 g/mol. The van der Waals surface area contributed by atoms with Crippen LogP contribution in [-0.2, 0) is 12.2 Å². The SMILES string of the molecule is CCc1cc(-c2nc(CSC)no2)c(N)s1. The number of thiophene rings is 1. The van der Waals surface area contributed by atoms with E-state index in [-0.39, 0.29) is 0 Å². The minimum Gasteiger partial charge on any atom is -0.390 e. The van der Waals surface area contributed by atoms with Gasteiger partial charge in [0.15, 0.2) is 5.82 Å². The minimum absolute atomic E-state index is 0.525. The lowest BCUT2D eigenvalue weighted by Gasteiger charge is -1.89. The molecule has 2 aromatic rings. The second-order valence-corrected chi connectivity index (χ2v) is 5.33. The number of hydrogen-bond donors (Lipinski definition) is 1. The van der Waals surface area contributed by atoms with E-state index >= 15 is 0 Å². The molecule has 0 bridgehead atoms. The van der Waals surface area contributed by atoms with Gasteiger partial charge in [0.2, 0.25) is 0 Å². The topological polar surface area (TPSA) is 64.9 Å². The van der Waals surface area contributed by atoms with Gasteiger partial charge >= 0.3 is 0 Å². The molecule has 0 saturated carbocycles. The van der Waals surface area contributed by atoms with Gasteiger partial charge < -0.3 is 10.3 Å². The molecule has 0 unspecified atom stereocenters. The van der Waals surface area contributed by atoms with Gasteiger partial charge in [-0.15, -0.1) is 11.3 Å². The van der Waals surface area contributed by atoms with E-state index in [9.17, 15) is 0 Å². The summed E-state index contributed by atoms with van der Waals surface area (Å²) in [7, 11) is 0. The molecule has 0 amide bonds. The van der Waals surface area contributed by atoms with Crippen molar-refractivity contribution in [3.8, 4) is 11.5 Å². The molecule has 2 aromatic heterocycles. The third-order valence-electron chi connectivity index (χ3n) is 2.13. The van der Waals surface area contributed by atoms with Crippen molar-refractivity contribution in [3.63, 3.8) is 0 Å². The maximum absolute atomic E-state index is 5.92. The number of aryl methyl sites for hydroxylation is 1. The Balaban J connectivity index is 2.30. The number of aromatic nitrogens is 2. The van der Waals surface area contributed by atoms with Crippen molar-refractivity contribution in [2.24, 2.45) is 0 Å². The van der Waals surface area contributed by atoms with Crippen LogP contribution in [0.25, 0.3) is 11.5 Å². The molecule has 2 heterocycles. The third kappa shape index (κ3) is 2.22. The Kier molecular flexibility index (Phi) is 3.50. The van der Waals surface area contributed by atoms with Crippen molar-refractivity contribution in [2.75, 3.05) is 12.0 Å². The molecule has 0 radical (unpaired) electrons. The summed E-state index contributed by atoms with van der Waals surface area (Å²) in [5.41, 5.74) is 6.78. The van der Waals surface area contributed by atoms with E-state index in [0.29, 0.717) is 11.7 Å². The van der Waals surface area contributed by atoms with Gasteiger partial charge in [0.05, 0.1) is 16.3 Å². The number of anilines is 1. The van der Waals surface area contributed by atoms with Gasteiger partial charge in [0.1, 0.15) is 0 Å². The monoisotopic (exact) mass is 255 g/mol. The van der Waals surface area contributed by atoms with Crippen LogP contribution in [0.4, 0.5) is 5.00 Å². The first-order chi connectivity index (χ1) is 7.74. The lowest BCUT2D eigenvalue weighted by atomic mass is 10.2. The van der Waals surface area contributed by atoms with Crippen molar-refractivity contribution in [1.29, 1.82) is 0 Å². The molecular formula is C10H13N3OS2. The Morgan fingerprint density at radius 1 is 1.56 bits per heavy atom. The van der Waals surface area contributed by atoms with Crippen molar-refractivity contribution in [1.82, 2.24) is 10.1 Å². The van der Waals surface area contributed by atoms with Gasteiger partial charge in [-0.2, -0.15) is 16.7 Å². The fraction of sp³-hybridized carbons (Fsp3) is 0.400. The van der Waals surface area contributed by atoms with Crippen molar-refractivity contribution >= 4 is 28.1 Å². The minimum atomic E-state index is 0.525. The summed E-state index contributed by atoms with van der Waals surface area (Å²) in [6.07, 6.45) is 2.98. The summed E-state index contributed by atoms with van der Waals surface area (Å²) in [6, 6.07) is 2.02. The van der Waals surface area contributed by atoms with Crippen LogP contribution in [0.5, 0.6) is 0 Å². The van der Waals surface area contributed by atoms with Crippen LogP contribution < -0.4 is 5.73 Å². The summed E-state index contributed by atoms with van der Waals surface area (Å²) < 4.78 is 5.19. The predicted octanol–water partition coefficient (Wildman–Crippen LogP) is 2.81. The molecule has 0 atom stereocenters. The second-order valence-electron chi connectivity index (χ2n) is 3.29. The number of thioether (sulfide) groups is 1. The maximum Gasteiger partial charge on any atom is 0.260 e. The van der Waals surface area contributed by atoms with Crippen LogP contribution in [0, 0.1) is 0 Å². The molecule has 0 saturated heterocycles. The van der Waals surface area contributed by atoms with Gasteiger partial charge in [-0.25, -0.2) is 0 Å². The number of nitrogens with zero attached hydrogens (tertiary/aromatic N) is 2. The Morgan fingerprint density at radius 2 is 2.38 bits per heavy atom. The van der Waals surface area contributed by atoms with Gasteiger partial charge in [-0.1, -0.05) is 12.1 Å². The highest BCUT2D eigenvalue weighted by atomic mass is 32.2. The maximum atomic E-state index is 5.92. The highest BCUT2D eigenvalue weighted by Crippen LogP contribution is 2.33. The highest BCUT2D eigenvalue weighted by molar-refractivity contribution is 7.97. The summed E-state index contributed by atoms with van der Waals surface area (Å²) in [4.78, 5) is 5.54. The van der Waals surface area contributed by atoms with Crippen molar-refractivity contribution in [3.05, 3.63) is 16.8 Å². The van der Waals surface area contributed by atoms with E-state index in [2.05, 4.69) is 17.1 Å². The van der Waals surface area contributed by atoms with Crippen LogP contribution >= 0.6 is 23.1 Å². The Bertz CT molecular complexity index is 478. The quantitative estimate of drug-likeness (QED) is 0.910. The van der Waals surface area contributed by atoms with E-state index in [1.165, 1.54) is 4.88 Å². The smallest absolute Gasteiger partial charge is 0.260 e. The molecule has 0 spiro atoms. The van der Waals surface area contributed by atoms with Crippen LogP contribution in [0.3, 0.4) is 0 Å². The number of nitrogen functional groups attached to an aromatic ring is 1. The van der Waals surface area contributed by atoms with Crippen LogP contribution in [0.1, 0.15) is 17.6 Å². The van der Waals surface area contributed by atoms with Gasteiger partial charge in [-0.3, -0.25) is 0 Å². The van der Waals surface area contributed by atoms with E-state index in [0.717, 1.165) is 22.7 Å². The fourth-order valence-electron chi connectivity index (χ4n) is 1.35. The molecule has 0 aromatic carbocycles. The Labute approximate surface area is 102 Å². The average molecular weight is 255 g/mol. The predicted molar refractivity (Wildman–Crippen MR) is 68.6 cm³/mol. The van der Waals surface area contributed by atoms with Gasteiger partial charge in [0, 0.05) is 4.88 Å². The molecule has 0 aliphatic heterocycles. The molecule has 0 aliphatic rings. The number of nitrogens with two attached hydrogens (primary N) is 1. The zero-order valence-electron chi connectivity index (χ0n) is 9.19. The van der Waals surface area contributed by atoms with Crippen LogP contribution in [0.15, 0.2) is 10.6 Å². The number of hydrogen-bond acceptors (Lipinski definition) is 6. The lowest BCUT2D eigenvalue weighted by Crippen LogP contribution is -1.85. The first-order valence-electron chi connectivity index (χ1n) is 4.94. The zero-order valence-corrected chi connectivity index (χ0v) is 10.8. The molecule has 4 nitrogen and oxygen atoms in total. The van der Waals surface area contributed by atoms with Crippen LogP contribution in [0.2, 0.25) is 0 Å². The first kappa shape index (κ1) is 11.5. The van der Waals surface area contributed by atoms with E-state index in [4.69, 9.17) is 10.3 Å². The first-order valence-corrected chi connectivity index (χ1v) is 7.15. The molecule has 16 heavy (non-hydrogen) atoms. The summed E-state index contributed by atoms with van der Waals surface area (Å²) >= 11 is 3.24. The summed E-state index contributed by atoms with van der Waals surface area (Å²) in [5.74, 6) is 2.00. The van der Waals surface area contributed by atoms with Crippen molar-refractivity contribution in [2.45, 2.75) is 19.1 Å². The zero-order chi connectivity index (χ0) is 11.5. The Morgan fingerprint density at radius 3 is 3.00 bits per heavy atom. The lowest BCUT2D eigenvalue weighted by molar-refractivity contribution is 0.425. The normalized spacial score (nSPS) is 10.9. The molecule has 0 fully saturated rings. The molecule has 2 rings (SSSR count). The van der Waals surface area contributed by atoms with Crippen LogP contribution in [-0.4, -0.2) is 16.4 Å². The molecule has 6 heteroatoms. The molecule has 2 N–H and O–H groups in total. The number of rotatable bonds is 4. The molecule has 0 aliphatic carbocycles. The fourth-order valence-corrected chi connectivity index (χ4v) is 2.59. The summed E-state index contributed by atoms with van der Waals surface area (Å²) in [5, 5.41) is 4.65. The third-order valence-corrected chi connectivity index (χ3v) is 3.79. The molecule has 86 valence electrons. The summed E-state index contributed by atoms with van der Waals surface area (Å²) in [6.45, 7) is 2.10. The average Bonchev–Trinajstić information content (AvgIpc) is 2.85. The second kappa shape index (κ2) is 4.88. The largest absolute Gasteiger partial charge is 0.390 e. The van der Waals surface area contributed by atoms with E-state index in [1.54, 1.807) is 23.1 Å². The van der Waals surface area contributed by atoms with E-state index < -0.39 is 0 Å².